The van der Waals surface area contributed by atoms with Gasteiger partial charge in [-0.25, -0.2) is 4.79 Å². The standard InChI is InChI=1S/C13H20FN2O4P/c1-8(21(2,3)19)20-10-5-4-9(6-10)16-7-11(14)12(17)15-13(16)18/h7-10H,4-6H2,1-3H3,(H,15,17,18)/t8?,9-,10+/m0/s1. The summed E-state index contributed by atoms with van der Waals surface area (Å²) in [5.41, 5.74) is -1.62. The van der Waals surface area contributed by atoms with Crippen LogP contribution in [0.5, 0.6) is 0 Å². The third-order valence-corrected chi connectivity index (χ3v) is 5.81. The molecular weight excluding hydrogens is 298 g/mol. The van der Waals surface area contributed by atoms with Crippen molar-refractivity contribution >= 4 is 7.14 Å². The van der Waals surface area contributed by atoms with E-state index in [9.17, 15) is 18.5 Å². The minimum atomic E-state index is -2.32. The summed E-state index contributed by atoms with van der Waals surface area (Å²) in [5, 5.41) is 0. The van der Waals surface area contributed by atoms with Crippen LogP contribution in [0.25, 0.3) is 0 Å². The maximum Gasteiger partial charge on any atom is 0.328 e. The molecule has 1 N–H and O–H groups in total. The van der Waals surface area contributed by atoms with Crippen LogP contribution in [0.4, 0.5) is 4.39 Å². The predicted octanol–water partition coefficient (Wildman–Crippen LogP) is 1.75. The van der Waals surface area contributed by atoms with Crippen molar-refractivity contribution in [2.24, 2.45) is 0 Å². The number of hydrogen-bond acceptors (Lipinski definition) is 4. The summed E-state index contributed by atoms with van der Waals surface area (Å²) in [6.07, 6.45) is 2.74. The normalized spacial score (nSPS) is 24.2. The molecular formula is C13H20FN2O4P. The molecule has 1 saturated carbocycles. The van der Waals surface area contributed by atoms with Gasteiger partial charge in [0.15, 0.2) is 0 Å². The number of aromatic nitrogens is 2. The van der Waals surface area contributed by atoms with Gasteiger partial charge in [0.2, 0.25) is 5.82 Å². The maximum absolute atomic E-state index is 13.3. The molecule has 0 amide bonds. The quantitative estimate of drug-likeness (QED) is 0.858. The smallest absolute Gasteiger partial charge is 0.328 e. The molecule has 0 aliphatic heterocycles. The molecule has 21 heavy (non-hydrogen) atoms. The first-order chi connectivity index (χ1) is 9.68. The number of halogens is 1. The van der Waals surface area contributed by atoms with E-state index >= 15 is 0 Å². The van der Waals surface area contributed by atoms with Gasteiger partial charge in [-0.05, 0) is 39.5 Å². The van der Waals surface area contributed by atoms with Gasteiger partial charge in [-0.15, -0.1) is 0 Å². The second-order valence-corrected chi connectivity index (χ2v) is 9.50. The van der Waals surface area contributed by atoms with E-state index in [0.29, 0.717) is 19.3 Å². The summed E-state index contributed by atoms with van der Waals surface area (Å²) in [6.45, 7) is 5.12. The van der Waals surface area contributed by atoms with Crippen LogP contribution in [0.2, 0.25) is 0 Å². The highest BCUT2D eigenvalue weighted by Gasteiger charge is 2.31. The van der Waals surface area contributed by atoms with Crippen LogP contribution in [0, 0.1) is 5.82 Å². The number of nitrogens with zero attached hydrogens (tertiary/aromatic N) is 1. The number of aromatic amines is 1. The Labute approximate surface area is 121 Å². The van der Waals surface area contributed by atoms with Crippen LogP contribution >= 0.6 is 7.14 Å². The van der Waals surface area contributed by atoms with E-state index in [4.69, 9.17) is 4.74 Å². The first kappa shape index (κ1) is 16.2. The Bertz CT molecular complexity index is 677. The monoisotopic (exact) mass is 318 g/mol. The number of ether oxygens (including phenoxy) is 1. The second-order valence-electron chi connectivity index (χ2n) is 5.90. The zero-order chi connectivity index (χ0) is 15.8. The van der Waals surface area contributed by atoms with Crippen molar-refractivity contribution < 1.29 is 13.7 Å². The Morgan fingerprint density at radius 3 is 2.71 bits per heavy atom. The lowest BCUT2D eigenvalue weighted by atomic mass is 10.2. The molecule has 1 heterocycles. The van der Waals surface area contributed by atoms with Gasteiger partial charge in [0.05, 0.1) is 12.3 Å². The Kier molecular flexibility index (Phi) is 4.54. The van der Waals surface area contributed by atoms with E-state index in [-0.39, 0.29) is 18.0 Å². The van der Waals surface area contributed by atoms with E-state index in [1.807, 2.05) is 4.98 Å². The molecule has 6 nitrogen and oxygen atoms in total. The fourth-order valence-electron chi connectivity index (χ4n) is 2.45. The third-order valence-electron chi connectivity index (χ3n) is 3.94. The SMILES string of the molecule is CC(O[C@@H]1CC[C@H](n2cc(F)c(=O)[nH]c2=O)C1)P(C)(C)=O. The minimum Gasteiger partial charge on any atom is -0.368 e. The van der Waals surface area contributed by atoms with E-state index < -0.39 is 24.2 Å². The van der Waals surface area contributed by atoms with Crippen LogP contribution < -0.4 is 11.2 Å². The number of rotatable bonds is 4. The molecule has 0 aromatic carbocycles. The maximum atomic E-state index is 13.3. The average Bonchev–Trinajstić information content (AvgIpc) is 2.81. The van der Waals surface area contributed by atoms with Gasteiger partial charge in [-0.1, -0.05) is 0 Å². The molecule has 0 bridgehead atoms. The first-order valence-corrected chi connectivity index (χ1v) is 9.56. The topological polar surface area (TPSA) is 81.2 Å². The molecule has 2 rings (SSSR count). The molecule has 1 aromatic heterocycles. The van der Waals surface area contributed by atoms with Crippen molar-refractivity contribution in [1.82, 2.24) is 9.55 Å². The zero-order valence-electron chi connectivity index (χ0n) is 12.3. The Morgan fingerprint density at radius 1 is 1.43 bits per heavy atom. The van der Waals surface area contributed by atoms with Crippen LogP contribution in [-0.4, -0.2) is 34.8 Å². The largest absolute Gasteiger partial charge is 0.368 e. The molecule has 8 heteroatoms. The summed E-state index contributed by atoms with van der Waals surface area (Å²) in [7, 11) is -2.32. The first-order valence-electron chi connectivity index (χ1n) is 6.89. The average molecular weight is 318 g/mol. The second kappa shape index (κ2) is 5.89. The lowest BCUT2D eigenvalue weighted by Crippen LogP contribution is -2.33. The van der Waals surface area contributed by atoms with Crippen LogP contribution in [0.1, 0.15) is 32.2 Å². The van der Waals surface area contributed by atoms with E-state index in [2.05, 4.69) is 0 Å². The summed E-state index contributed by atoms with van der Waals surface area (Å²) in [5.74, 6) is -1.32. The van der Waals surface area contributed by atoms with Gasteiger partial charge in [-0.2, -0.15) is 4.39 Å². The fourth-order valence-corrected chi connectivity index (χ4v) is 2.92. The van der Waals surface area contributed by atoms with Gasteiger partial charge in [0.25, 0.3) is 5.56 Å². The Morgan fingerprint density at radius 2 is 2.10 bits per heavy atom. The number of hydrogen-bond donors (Lipinski definition) is 1. The minimum absolute atomic E-state index is 0.111. The van der Waals surface area contributed by atoms with Crippen molar-refractivity contribution in [3.63, 3.8) is 0 Å². The van der Waals surface area contributed by atoms with E-state index in [0.717, 1.165) is 6.20 Å². The summed E-state index contributed by atoms with van der Waals surface area (Å²) in [4.78, 5) is 24.7. The predicted molar refractivity (Wildman–Crippen MR) is 78.0 cm³/mol. The third kappa shape index (κ3) is 3.71. The lowest BCUT2D eigenvalue weighted by molar-refractivity contribution is 0.0406. The molecule has 0 radical (unpaired) electrons. The van der Waals surface area contributed by atoms with Gasteiger partial charge < -0.3 is 9.30 Å². The molecule has 1 unspecified atom stereocenters. The molecule has 1 aliphatic carbocycles. The van der Waals surface area contributed by atoms with Crippen molar-refractivity contribution in [3.05, 3.63) is 32.9 Å². The molecule has 118 valence electrons. The van der Waals surface area contributed by atoms with Crippen molar-refractivity contribution in [1.29, 1.82) is 0 Å². The fraction of sp³-hybridized carbons (Fsp3) is 0.692. The molecule has 0 saturated heterocycles. The molecule has 1 aromatic rings. The van der Waals surface area contributed by atoms with Gasteiger partial charge in [0, 0.05) is 6.04 Å². The van der Waals surface area contributed by atoms with Crippen molar-refractivity contribution in [2.75, 3.05) is 13.3 Å². The highest BCUT2D eigenvalue weighted by Crippen LogP contribution is 2.45. The number of nitrogens with one attached hydrogen (secondary N) is 1. The molecule has 1 aliphatic rings. The Balaban J connectivity index is 2.10. The highest BCUT2D eigenvalue weighted by molar-refractivity contribution is 7.62. The van der Waals surface area contributed by atoms with Crippen LogP contribution in [0.15, 0.2) is 15.8 Å². The van der Waals surface area contributed by atoms with Crippen molar-refractivity contribution in [2.45, 2.75) is 44.2 Å². The zero-order valence-corrected chi connectivity index (χ0v) is 13.2. The van der Waals surface area contributed by atoms with Gasteiger partial charge in [-0.3, -0.25) is 14.3 Å². The van der Waals surface area contributed by atoms with Crippen LogP contribution in [0.3, 0.4) is 0 Å². The summed E-state index contributed by atoms with van der Waals surface area (Å²) < 4.78 is 32.2. The van der Waals surface area contributed by atoms with Crippen molar-refractivity contribution in [3.8, 4) is 0 Å². The number of H-pyrrole nitrogens is 1. The molecule has 3 atom stereocenters. The van der Waals surface area contributed by atoms with E-state index in [1.165, 1.54) is 4.57 Å². The van der Waals surface area contributed by atoms with Gasteiger partial charge >= 0.3 is 5.69 Å². The highest BCUT2D eigenvalue weighted by atomic mass is 31.2. The molecule has 0 spiro atoms. The Hall–Kier alpha value is -1.20. The summed E-state index contributed by atoms with van der Waals surface area (Å²) in [6, 6.07) is -0.214. The molecule has 1 fully saturated rings. The van der Waals surface area contributed by atoms with Crippen LogP contribution in [-0.2, 0) is 9.30 Å². The summed E-state index contributed by atoms with van der Waals surface area (Å²) >= 11 is 0. The van der Waals surface area contributed by atoms with Gasteiger partial charge in [0.1, 0.15) is 13.0 Å². The lowest BCUT2D eigenvalue weighted by Gasteiger charge is -2.22. The van der Waals surface area contributed by atoms with E-state index in [1.54, 1.807) is 20.3 Å².